The second-order valence-electron chi connectivity index (χ2n) is 35.9. The van der Waals surface area contributed by atoms with Gasteiger partial charge in [0.2, 0.25) is 23.6 Å². The Balaban J connectivity index is 0.000000157. The van der Waals surface area contributed by atoms with Crippen LogP contribution >= 0.6 is 0 Å². The highest BCUT2D eigenvalue weighted by molar-refractivity contribution is 6.01. The van der Waals surface area contributed by atoms with E-state index >= 15 is 0 Å². The molecule has 16 rings (SSSR count). The topological polar surface area (TPSA) is 272 Å². The van der Waals surface area contributed by atoms with Crippen LogP contribution in [0.3, 0.4) is 0 Å². The summed E-state index contributed by atoms with van der Waals surface area (Å²) in [7, 11) is 3.45. The van der Waals surface area contributed by atoms with E-state index in [-0.39, 0.29) is 95.9 Å². The van der Waals surface area contributed by atoms with Crippen molar-refractivity contribution >= 4 is 79.6 Å². The molecule has 10 N–H and O–H groups in total. The monoisotopic (exact) mass is 1750 g/mol. The van der Waals surface area contributed by atoms with Crippen molar-refractivity contribution in [3.63, 3.8) is 0 Å². The van der Waals surface area contributed by atoms with E-state index in [9.17, 15) is 33.6 Å². The molecule has 11 aromatic rings. The lowest BCUT2D eigenvalue weighted by Gasteiger charge is -2.31. The molecule has 0 unspecified atom stereocenters. The van der Waals surface area contributed by atoms with Gasteiger partial charge < -0.3 is 67.9 Å². The van der Waals surface area contributed by atoms with Crippen LogP contribution in [0.25, 0.3) is 32.3 Å². The Hall–Kier alpha value is -12.4. The van der Waals surface area contributed by atoms with Crippen molar-refractivity contribution in [2.75, 3.05) is 99.2 Å². The standard InChI is InChI=1S/C39H46N4O2.C38H43N3O2.C32H41N7O3/c44-38(34-19-18-30-12-8-9-17-33(30)28-34)40-23-20-35-21-27-43(39(45)37(41-35)22-26-42-24-10-3-11-25-42)29-36(31-13-4-1-5-14-31)32-15-6-2-7-16-32;42-37(33-21-20-29-14-10-11-19-32(29)25-33)39-26-34-22-23-41(38(43)36(40-34)24-28-12-4-1-5-13-28)27-35(30-15-6-2-7-16-30)31-17-8-3-9-18-31;1-38(2)30(41)27(23-10-4-3-5-11-23)21-39-18-16-26(37-28(31(39)42)13-8-17-35-32(33)34)20-36-29(40)25-15-14-22-9-6-7-12-24(22)19-25/h1-2,4-9,12-19,28,35-37,41H,3,10-11,20-27,29H2,(H,40,44);2-3,6-11,14-21,25,28,34-36,40H,1,4-5,12-13,22-24,26-27H2,(H,39,42);3-7,9-12,14-15,19,26-28,37H,8,13,16-18,20-21H2,1-2H3,(H,36,40)(H4,33,34,35)/t35-,37+;34-,36-;26-,27+,28-/m100/s1. The molecule has 5 fully saturated rings. The van der Waals surface area contributed by atoms with Gasteiger partial charge in [0.1, 0.15) is 0 Å². The Morgan fingerprint density at radius 3 is 1.20 bits per heavy atom. The van der Waals surface area contributed by atoms with Crippen molar-refractivity contribution in [1.82, 2.24) is 56.4 Å². The molecule has 4 heterocycles. The van der Waals surface area contributed by atoms with Crippen molar-refractivity contribution < 1.29 is 33.6 Å². The van der Waals surface area contributed by atoms with Crippen LogP contribution in [0.15, 0.2) is 284 Å². The zero-order chi connectivity index (χ0) is 90.3. The second-order valence-corrected chi connectivity index (χ2v) is 35.9. The molecule has 4 saturated heterocycles. The van der Waals surface area contributed by atoms with Gasteiger partial charge >= 0.3 is 0 Å². The number of nitrogens with one attached hydrogen (secondary N) is 6. The largest absolute Gasteiger partial charge is 0.370 e. The minimum absolute atomic E-state index is 0.0129. The van der Waals surface area contributed by atoms with Gasteiger partial charge in [-0.15, -0.1) is 0 Å². The summed E-state index contributed by atoms with van der Waals surface area (Å²) in [6.45, 7) is 8.39. The van der Waals surface area contributed by atoms with Crippen LogP contribution in [0.4, 0.5) is 0 Å². The number of aliphatic imine (C=N–C) groups is 1. The van der Waals surface area contributed by atoms with Crippen molar-refractivity contribution in [3.8, 4) is 0 Å². The number of carbonyl (C=O) groups is 7. The third kappa shape index (κ3) is 26.7. The SMILES string of the molecule is CN(C)C(=O)[C@H](CN1CC[C@@H](CNC(=O)c2ccc3ccccc3c2)N[C@@H](CCCN=C(N)N)C1=O)c1ccccc1.O=C(NCC[C@@H]1CCN(CC(c2ccccc2)c2ccccc2)C(=O)[C@H](CCN2CCCCC2)N1)c1ccc2ccccc2c1.O=C(NC[C@@H]1CCN(CC(c2ccccc2)c2ccccc2)C(=O)[C@H](CC2CCCCC2)N1)c1ccc2ccccc2c1. The lowest BCUT2D eigenvalue weighted by Crippen LogP contribution is -2.50. The minimum atomic E-state index is -0.504. The van der Waals surface area contributed by atoms with E-state index in [2.05, 4.69) is 161 Å². The highest BCUT2D eigenvalue weighted by Gasteiger charge is 2.39. The van der Waals surface area contributed by atoms with Crippen LogP contribution in [0, 0.1) is 5.92 Å². The molecular formula is C109H130N14O7. The van der Waals surface area contributed by atoms with E-state index in [1.807, 2.05) is 170 Å². The second kappa shape index (κ2) is 47.8. The van der Waals surface area contributed by atoms with Gasteiger partial charge in [-0.3, -0.25) is 38.6 Å². The Morgan fingerprint density at radius 2 is 0.762 bits per heavy atom. The molecule has 4 aliphatic heterocycles. The fraction of sp³-hybridized carbons (Fsp3) is 0.376. The van der Waals surface area contributed by atoms with Crippen molar-refractivity contribution in [3.05, 3.63) is 324 Å². The van der Waals surface area contributed by atoms with Crippen LogP contribution in [-0.4, -0.2) is 207 Å². The van der Waals surface area contributed by atoms with Gasteiger partial charge in [0.15, 0.2) is 5.96 Å². The van der Waals surface area contributed by atoms with Crippen LogP contribution in [0.1, 0.15) is 179 Å². The molecule has 11 aromatic carbocycles. The van der Waals surface area contributed by atoms with E-state index in [1.54, 1.807) is 23.9 Å². The molecule has 0 spiro atoms. The summed E-state index contributed by atoms with van der Waals surface area (Å²) in [5.74, 6) is 0.280. The highest BCUT2D eigenvalue weighted by atomic mass is 16.2. The summed E-state index contributed by atoms with van der Waals surface area (Å²) in [4.78, 5) is 109. The predicted molar refractivity (Wildman–Crippen MR) is 523 cm³/mol. The summed E-state index contributed by atoms with van der Waals surface area (Å²) in [5, 5.41) is 26.8. The molecule has 7 amide bonds. The number of benzene rings is 11. The van der Waals surface area contributed by atoms with Crippen molar-refractivity contribution in [2.45, 2.75) is 157 Å². The fourth-order valence-electron chi connectivity index (χ4n) is 19.3. The van der Waals surface area contributed by atoms with Gasteiger partial charge in [0.25, 0.3) is 17.7 Å². The number of nitrogens with zero attached hydrogens (tertiary/aromatic N) is 6. The number of hydrogen-bond donors (Lipinski definition) is 8. The lowest BCUT2D eigenvalue weighted by atomic mass is 9.84. The number of fused-ring (bicyclic) bond motifs is 3. The van der Waals surface area contributed by atoms with Crippen LogP contribution < -0.4 is 43.4 Å². The van der Waals surface area contributed by atoms with E-state index in [0.717, 1.165) is 89.6 Å². The van der Waals surface area contributed by atoms with Crippen LogP contribution in [0.2, 0.25) is 0 Å². The van der Waals surface area contributed by atoms with Gasteiger partial charge in [-0.25, -0.2) is 0 Å². The van der Waals surface area contributed by atoms with E-state index in [4.69, 9.17) is 11.5 Å². The van der Waals surface area contributed by atoms with Gasteiger partial charge in [-0.05, 0) is 180 Å². The normalized spacial score (nSPS) is 19.0. The van der Waals surface area contributed by atoms with Gasteiger partial charge in [-0.2, -0.15) is 0 Å². The first kappa shape index (κ1) is 93.7. The van der Waals surface area contributed by atoms with Crippen molar-refractivity contribution in [2.24, 2.45) is 22.4 Å². The summed E-state index contributed by atoms with van der Waals surface area (Å²) in [6, 6.07) is 92.3. The van der Waals surface area contributed by atoms with E-state index in [1.165, 1.54) is 73.6 Å². The molecule has 1 saturated carbocycles. The average molecular weight is 1750 g/mol. The maximum atomic E-state index is 14.2. The molecule has 0 bridgehead atoms. The molecular weight excluding hydrogens is 1620 g/mol. The summed E-state index contributed by atoms with van der Waals surface area (Å²) < 4.78 is 0. The molecule has 1 aliphatic carbocycles. The zero-order valence-corrected chi connectivity index (χ0v) is 75.5. The third-order valence-corrected chi connectivity index (χ3v) is 26.6. The quantitative estimate of drug-likeness (QED) is 0.0114. The number of likely N-dealkylation sites (N-methyl/N-ethyl adjacent to an activating group) is 1. The third-order valence-electron chi connectivity index (χ3n) is 26.6. The number of hydrogen-bond acceptors (Lipinski definition) is 12. The number of piperidine rings is 1. The Morgan fingerprint density at radius 1 is 0.392 bits per heavy atom. The molecule has 21 heteroatoms. The maximum absolute atomic E-state index is 14.2. The molecule has 5 aliphatic rings. The van der Waals surface area contributed by atoms with Gasteiger partial charge in [0.05, 0.1) is 24.0 Å². The number of carbonyl (C=O) groups excluding carboxylic acids is 7. The van der Waals surface area contributed by atoms with Crippen LogP contribution in [-0.2, 0) is 19.2 Å². The lowest BCUT2D eigenvalue weighted by molar-refractivity contribution is -0.136. The molecule has 0 radical (unpaired) electrons. The molecule has 678 valence electrons. The molecule has 21 nitrogen and oxygen atoms in total. The van der Waals surface area contributed by atoms with Gasteiger partial charge in [-0.1, -0.05) is 281 Å². The first-order chi connectivity index (χ1) is 63.5. The average Bonchev–Trinajstić information content (AvgIpc) is 1.58. The predicted octanol–water partition coefficient (Wildman–Crippen LogP) is 15.2. The first-order valence-electron chi connectivity index (χ1n) is 47.2. The summed E-state index contributed by atoms with van der Waals surface area (Å²) >= 11 is 0. The number of likely N-dealkylation sites (tertiary alicyclic amines) is 1. The van der Waals surface area contributed by atoms with E-state index in [0.29, 0.717) is 101 Å². The molecule has 0 aromatic heterocycles. The molecule has 7 atom stereocenters. The van der Waals surface area contributed by atoms with E-state index < -0.39 is 12.0 Å². The number of nitrogens with two attached hydrogens (primary N) is 2. The van der Waals surface area contributed by atoms with Crippen LogP contribution in [0.5, 0.6) is 0 Å². The number of guanidine groups is 1. The number of amides is 7. The maximum Gasteiger partial charge on any atom is 0.251 e. The first-order valence-corrected chi connectivity index (χ1v) is 47.2. The summed E-state index contributed by atoms with van der Waals surface area (Å²) in [5.41, 5.74) is 18.7. The molecule has 130 heavy (non-hydrogen) atoms. The number of rotatable bonds is 31. The Bertz CT molecular complexity index is 5440. The minimum Gasteiger partial charge on any atom is -0.370 e. The summed E-state index contributed by atoms with van der Waals surface area (Å²) in [6.07, 6.45) is 15.8. The zero-order valence-electron chi connectivity index (χ0n) is 75.5. The smallest absolute Gasteiger partial charge is 0.251 e. The Kier molecular flexibility index (Phi) is 34.4. The van der Waals surface area contributed by atoms with Gasteiger partial charge in [0, 0.05) is 133 Å². The Labute approximate surface area is 767 Å². The fourth-order valence-corrected chi connectivity index (χ4v) is 19.3. The highest BCUT2D eigenvalue weighted by Crippen LogP contribution is 2.34. The van der Waals surface area contributed by atoms with Crippen molar-refractivity contribution in [1.29, 1.82) is 0 Å².